The number of benzene rings is 1. The smallest absolute Gasteiger partial charge is 0.321 e. The average molecular weight is 322 g/mol. The second-order valence-electron chi connectivity index (χ2n) is 5.61. The summed E-state index contributed by atoms with van der Waals surface area (Å²) in [6.45, 7) is 1.29. The maximum atomic E-state index is 12.2. The van der Waals surface area contributed by atoms with E-state index in [0.717, 1.165) is 18.6 Å². The largest absolute Gasteiger partial charge is 0.490 e. The number of carbonyl (C=O) groups excluding carboxylic acids is 1. The number of amides is 2. The Balaban J connectivity index is 1.48. The van der Waals surface area contributed by atoms with Crippen molar-refractivity contribution in [1.29, 1.82) is 5.26 Å². The number of hydrogen-bond donors (Lipinski definition) is 1. The fraction of sp³-hybridized carbons (Fsp3) is 0.278. The fourth-order valence-corrected chi connectivity index (χ4v) is 2.62. The number of aromatic nitrogens is 1. The molecule has 1 N–H and O–H groups in total. The first-order chi connectivity index (χ1) is 11.7. The van der Waals surface area contributed by atoms with Gasteiger partial charge in [-0.3, -0.25) is 4.98 Å². The van der Waals surface area contributed by atoms with Gasteiger partial charge in [0.05, 0.1) is 23.5 Å². The van der Waals surface area contributed by atoms with Gasteiger partial charge in [0.2, 0.25) is 0 Å². The molecule has 2 heterocycles. The zero-order chi connectivity index (χ0) is 16.8. The number of hydrogen-bond acceptors (Lipinski definition) is 4. The molecule has 3 rings (SSSR count). The summed E-state index contributed by atoms with van der Waals surface area (Å²) in [7, 11) is 0. The van der Waals surface area contributed by atoms with Crippen LogP contribution >= 0.6 is 0 Å². The Morgan fingerprint density at radius 3 is 2.62 bits per heavy atom. The number of anilines is 1. The van der Waals surface area contributed by atoms with Gasteiger partial charge in [0.1, 0.15) is 11.9 Å². The van der Waals surface area contributed by atoms with Crippen molar-refractivity contribution in [3.05, 3.63) is 54.4 Å². The summed E-state index contributed by atoms with van der Waals surface area (Å²) in [6.07, 6.45) is 4.93. The number of urea groups is 1. The molecule has 1 fully saturated rings. The number of nitriles is 1. The first-order valence-electron chi connectivity index (χ1n) is 7.87. The summed E-state index contributed by atoms with van der Waals surface area (Å²) >= 11 is 0. The van der Waals surface area contributed by atoms with E-state index in [1.54, 1.807) is 47.6 Å². The Labute approximate surface area is 140 Å². The maximum Gasteiger partial charge on any atom is 0.321 e. The quantitative estimate of drug-likeness (QED) is 0.942. The molecule has 0 atom stereocenters. The van der Waals surface area contributed by atoms with Crippen molar-refractivity contribution in [2.75, 3.05) is 18.4 Å². The van der Waals surface area contributed by atoms with E-state index in [2.05, 4.69) is 16.4 Å². The highest BCUT2D eigenvalue weighted by atomic mass is 16.5. The van der Waals surface area contributed by atoms with Gasteiger partial charge in [-0.1, -0.05) is 0 Å². The van der Waals surface area contributed by atoms with Crippen LogP contribution in [-0.4, -0.2) is 35.1 Å². The van der Waals surface area contributed by atoms with Crippen LogP contribution in [0.25, 0.3) is 0 Å². The van der Waals surface area contributed by atoms with Crippen LogP contribution in [0, 0.1) is 11.3 Å². The van der Waals surface area contributed by atoms with E-state index in [0.29, 0.717) is 24.3 Å². The Morgan fingerprint density at radius 1 is 1.25 bits per heavy atom. The lowest BCUT2D eigenvalue weighted by Gasteiger charge is -2.32. The predicted molar refractivity (Wildman–Crippen MR) is 89.6 cm³/mol. The number of piperidine rings is 1. The van der Waals surface area contributed by atoms with Crippen LogP contribution in [0.1, 0.15) is 18.4 Å². The van der Waals surface area contributed by atoms with E-state index in [-0.39, 0.29) is 12.1 Å². The Bertz CT molecular complexity index is 717. The Hall–Kier alpha value is -3.07. The SMILES string of the molecule is N#Cc1ccc(OC2CCN(C(=O)Nc3cccnc3)CC2)cc1. The predicted octanol–water partition coefficient (Wildman–Crippen LogP) is 3.03. The minimum absolute atomic E-state index is 0.0837. The monoisotopic (exact) mass is 322 g/mol. The third kappa shape index (κ3) is 4.02. The molecule has 6 heteroatoms. The highest BCUT2D eigenvalue weighted by Crippen LogP contribution is 2.20. The van der Waals surface area contributed by atoms with Crippen LogP contribution in [0.2, 0.25) is 0 Å². The van der Waals surface area contributed by atoms with E-state index in [1.165, 1.54) is 0 Å². The molecule has 1 aliphatic heterocycles. The van der Waals surface area contributed by atoms with Crippen molar-refractivity contribution < 1.29 is 9.53 Å². The molecule has 0 unspecified atom stereocenters. The summed E-state index contributed by atoms with van der Waals surface area (Å²) in [6, 6.07) is 12.7. The van der Waals surface area contributed by atoms with Crippen LogP contribution in [0.4, 0.5) is 10.5 Å². The second-order valence-corrected chi connectivity index (χ2v) is 5.61. The number of nitrogens with zero attached hydrogens (tertiary/aromatic N) is 3. The third-order valence-corrected chi connectivity index (χ3v) is 3.93. The van der Waals surface area contributed by atoms with Crippen LogP contribution in [-0.2, 0) is 0 Å². The molecular weight excluding hydrogens is 304 g/mol. The van der Waals surface area contributed by atoms with E-state index in [1.807, 2.05) is 6.07 Å². The maximum absolute atomic E-state index is 12.2. The lowest BCUT2D eigenvalue weighted by atomic mass is 10.1. The highest BCUT2D eigenvalue weighted by Gasteiger charge is 2.24. The van der Waals surface area contributed by atoms with Gasteiger partial charge in [0.25, 0.3) is 0 Å². The summed E-state index contributed by atoms with van der Waals surface area (Å²) in [4.78, 5) is 18.0. The van der Waals surface area contributed by atoms with Crippen LogP contribution < -0.4 is 10.1 Å². The molecule has 1 aromatic heterocycles. The van der Waals surface area contributed by atoms with Crippen molar-refractivity contribution in [2.45, 2.75) is 18.9 Å². The molecule has 0 saturated carbocycles. The second kappa shape index (κ2) is 7.47. The van der Waals surface area contributed by atoms with Gasteiger partial charge in [-0.25, -0.2) is 4.79 Å². The number of ether oxygens (including phenoxy) is 1. The number of carbonyl (C=O) groups is 1. The molecular formula is C18H18N4O2. The van der Waals surface area contributed by atoms with Gasteiger partial charge in [-0.05, 0) is 36.4 Å². The van der Waals surface area contributed by atoms with Crippen LogP contribution in [0.15, 0.2) is 48.8 Å². The molecule has 24 heavy (non-hydrogen) atoms. The lowest BCUT2D eigenvalue weighted by Crippen LogP contribution is -2.43. The minimum Gasteiger partial charge on any atom is -0.490 e. The number of nitrogens with one attached hydrogen (secondary N) is 1. The summed E-state index contributed by atoms with van der Waals surface area (Å²) < 4.78 is 5.92. The Morgan fingerprint density at radius 2 is 2.00 bits per heavy atom. The summed E-state index contributed by atoms with van der Waals surface area (Å²) in [5, 5.41) is 11.6. The van der Waals surface area contributed by atoms with E-state index in [9.17, 15) is 4.79 Å². The summed E-state index contributed by atoms with van der Waals surface area (Å²) in [5.41, 5.74) is 1.31. The molecule has 122 valence electrons. The molecule has 1 aliphatic rings. The number of likely N-dealkylation sites (tertiary alicyclic amines) is 1. The molecule has 0 aliphatic carbocycles. The van der Waals surface area contributed by atoms with Crippen molar-refractivity contribution in [3.63, 3.8) is 0 Å². The van der Waals surface area contributed by atoms with Gasteiger partial charge in [0, 0.05) is 32.1 Å². The van der Waals surface area contributed by atoms with Crippen LogP contribution in [0.5, 0.6) is 5.75 Å². The van der Waals surface area contributed by atoms with E-state index >= 15 is 0 Å². The van der Waals surface area contributed by atoms with Gasteiger partial charge >= 0.3 is 6.03 Å². The zero-order valence-electron chi connectivity index (χ0n) is 13.2. The Kier molecular flexibility index (Phi) is 4.92. The molecule has 0 spiro atoms. The molecule has 6 nitrogen and oxygen atoms in total. The van der Waals surface area contributed by atoms with Crippen molar-refractivity contribution >= 4 is 11.7 Å². The average Bonchev–Trinajstić information content (AvgIpc) is 2.64. The molecule has 1 saturated heterocycles. The van der Waals surface area contributed by atoms with E-state index in [4.69, 9.17) is 10.00 Å². The summed E-state index contributed by atoms with van der Waals surface area (Å²) in [5.74, 6) is 0.757. The first-order valence-corrected chi connectivity index (χ1v) is 7.87. The molecule has 1 aromatic carbocycles. The standard InChI is InChI=1S/C18H18N4O2/c19-12-14-3-5-16(6-4-14)24-17-7-10-22(11-8-17)18(23)21-15-2-1-9-20-13-15/h1-6,9,13,17H,7-8,10-11H2,(H,21,23). The third-order valence-electron chi connectivity index (χ3n) is 3.93. The topological polar surface area (TPSA) is 78.2 Å². The minimum atomic E-state index is -0.111. The van der Waals surface area contributed by atoms with Crippen molar-refractivity contribution in [3.8, 4) is 11.8 Å². The highest BCUT2D eigenvalue weighted by molar-refractivity contribution is 5.89. The zero-order valence-corrected chi connectivity index (χ0v) is 13.2. The van der Waals surface area contributed by atoms with Gasteiger partial charge < -0.3 is 15.0 Å². The van der Waals surface area contributed by atoms with Gasteiger partial charge in [0.15, 0.2) is 0 Å². The normalized spacial score (nSPS) is 14.7. The molecule has 2 amide bonds. The van der Waals surface area contributed by atoms with Crippen molar-refractivity contribution in [1.82, 2.24) is 9.88 Å². The van der Waals surface area contributed by atoms with Gasteiger partial charge in [-0.15, -0.1) is 0 Å². The molecule has 2 aromatic rings. The van der Waals surface area contributed by atoms with Crippen LogP contribution in [0.3, 0.4) is 0 Å². The number of pyridine rings is 1. The molecule has 0 radical (unpaired) electrons. The van der Waals surface area contributed by atoms with Crippen molar-refractivity contribution in [2.24, 2.45) is 0 Å². The molecule has 0 bridgehead atoms. The van der Waals surface area contributed by atoms with Gasteiger partial charge in [-0.2, -0.15) is 5.26 Å². The lowest BCUT2D eigenvalue weighted by molar-refractivity contribution is 0.115. The first kappa shape index (κ1) is 15.8. The number of rotatable bonds is 3. The van der Waals surface area contributed by atoms with E-state index < -0.39 is 0 Å². The fourth-order valence-electron chi connectivity index (χ4n) is 2.62.